The lowest BCUT2D eigenvalue weighted by molar-refractivity contribution is -0.123. The predicted octanol–water partition coefficient (Wildman–Crippen LogP) is 2.10. The highest BCUT2D eigenvalue weighted by Crippen LogP contribution is 2.26. The third-order valence-electron chi connectivity index (χ3n) is 2.45. The minimum atomic E-state index is -4.45. The molecule has 1 aromatic rings. The average molecular weight is 292 g/mol. The molecule has 0 radical (unpaired) electrons. The van der Waals surface area contributed by atoms with Crippen molar-refractivity contribution < 1.29 is 27.8 Å². The van der Waals surface area contributed by atoms with Gasteiger partial charge in [-0.05, 0) is 17.7 Å². The molecule has 0 bridgehead atoms. The van der Waals surface area contributed by atoms with E-state index in [1.54, 1.807) is 11.4 Å². The largest absolute Gasteiger partial charge is 0.504 e. The van der Waals surface area contributed by atoms with Crippen LogP contribution in [0.3, 0.4) is 0 Å². The topological polar surface area (TPSA) is 61.8 Å². The van der Waals surface area contributed by atoms with Gasteiger partial charge >= 0.3 is 12.2 Å². The number of amides is 2. The molecule has 5 nitrogen and oxygen atoms in total. The first kappa shape index (κ1) is 15.9. The molecular formula is C12H15F3N2O3. The molecular weight excluding hydrogens is 277 g/mol. The van der Waals surface area contributed by atoms with Gasteiger partial charge < -0.3 is 20.1 Å². The number of methoxy groups -OCH3 is 1. The zero-order chi connectivity index (χ0) is 15.3. The molecule has 0 unspecified atom stereocenters. The summed E-state index contributed by atoms with van der Waals surface area (Å²) in [6.45, 7) is -1.33. The lowest BCUT2D eigenvalue weighted by Gasteiger charge is -2.19. The van der Waals surface area contributed by atoms with Crippen LogP contribution >= 0.6 is 0 Å². The molecule has 0 aliphatic heterocycles. The molecule has 1 rings (SSSR count). The Balaban J connectivity index is 2.59. The fourth-order valence-electron chi connectivity index (χ4n) is 1.49. The lowest BCUT2D eigenvalue weighted by Crippen LogP contribution is -2.41. The van der Waals surface area contributed by atoms with Crippen LogP contribution in [-0.4, -0.2) is 42.9 Å². The molecule has 20 heavy (non-hydrogen) atoms. The number of alkyl halides is 3. The van der Waals surface area contributed by atoms with Crippen LogP contribution in [-0.2, 0) is 6.54 Å². The number of phenolic OH excluding ortho intramolecular Hbond substituents is 1. The van der Waals surface area contributed by atoms with Crippen molar-refractivity contribution in [1.29, 1.82) is 0 Å². The molecule has 0 aliphatic carbocycles. The Morgan fingerprint density at radius 2 is 2.10 bits per heavy atom. The number of halogens is 3. The summed E-state index contributed by atoms with van der Waals surface area (Å²) < 4.78 is 40.7. The van der Waals surface area contributed by atoms with Crippen LogP contribution in [0.25, 0.3) is 0 Å². The van der Waals surface area contributed by atoms with Crippen LogP contribution in [0.4, 0.5) is 18.0 Å². The monoisotopic (exact) mass is 292 g/mol. The van der Waals surface area contributed by atoms with Crippen molar-refractivity contribution in [3.8, 4) is 11.5 Å². The molecule has 0 heterocycles. The molecule has 0 saturated carbocycles. The second-order valence-corrected chi connectivity index (χ2v) is 4.14. The molecule has 0 atom stereocenters. The normalized spacial score (nSPS) is 11.1. The number of nitrogens with one attached hydrogen (secondary N) is 1. The highest BCUT2D eigenvalue weighted by molar-refractivity contribution is 5.73. The molecule has 2 amide bonds. The summed E-state index contributed by atoms with van der Waals surface area (Å²) in [7, 11) is 2.75. The predicted molar refractivity (Wildman–Crippen MR) is 65.6 cm³/mol. The Hall–Kier alpha value is -2.12. The number of urea groups is 1. The number of hydrogen-bond donors (Lipinski definition) is 2. The number of ether oxygens (including phenoxy) is 1. The molecule has 0 fully saturated rings. The number of aromatic hydroxyl groups is 1. The Kier molecular flexibility index (Phi) is 5.06. The average Bonchev–Trinajstić information content (AvgIpc) is 2.35. The second-order valence-electron chi connectivity index (χ2n) is 4.14. The van der Waals surface area contributed by atoms with Gasteiger partial charge in [-0.2, -0.15) is 13.2 Å². The van der Waals surface area contributed by atoms with E-state index in [4.69, 9.17) is 4.74 Å². The van der Waals surface area contributed by atoms with Gasteiger partial charge in [0.25, 0.3) is 0 Å². The Labute approximate surface area is 113 Å². The third kappa shape index (κ3) is 4.87. The van der Waals surface area contributed by atoms with Crippen molar-refractivity contribution in [3.05, 3.63) is 23.8 Å². The van der Waals surface area contributed by atoms with E-state index in [2.05, 4.69) is 0 Å². The molecule has 8 heteroatoms. The van der Waals surface area contributed by atoms with Gasteiger partial charge in [0.2, 0.25) is 0 Å². The number of nitrogens with zero attached hydrogens (tertiary/aromatic N) is 1. The molecule has 1 aromatic carbocycles. The number of carbonyl (C=O) groups excluding carboxylic acids is 1. The fraction of sp³-hybridized carbons (Fsp3) is 0.417. The number of phenols is 1. The van der Waals surface area contributed by atoms with Gasteiger partial charge in [0.1, 0.15) is 6.54 Å². The maximum absolute atomic E-state index is 12.0. The number of rotatable bonds is 4. The molecule has 2 N–H and O–H groups in total. The maximum Gasteiger partial charge on any atom is 0.405 e. The first-order valence-corrected chi connectivity index (χ1v) is 5.64. The van der Waals surface area contributed by atoms with E-state index < -0.39 is 18.8 Å². The van der Waals surface area contributed by atoms with Gasteiger partial charge in [-0.3, -0.25) is 0 Å². The Morgan fingerprint density at radius 1 is 1.45 bits per heavy atom. The van der Waals surface area contributed by atoms with Crippen molar-refractivity contribution in [2.24, 2.45) is 0 Å². The second kappa shape index (κ2) is 6.36. The smallest absolute Gasteiger partial charge is 0.405 e. The number of carbonyl (C=O) groups is 1. The zero-order valence-electron chi connectivity index (χ0n) is 11.0. The molecule has 0 spiro atoms. The standard InChI is InChI=1S/C12H15F3N2O3/c1-17(11(19)16-7-12(13,14)15)6-8-3-4-10(20-2)9(18)5-8/h3-5,18H,6-7H2,1-2H3,(H,16,19). The summed E-state index contributed by atoms with van der Waals surface area (Å²) >= 11 is 0. The number of hydrogen-bond acceptors (Lipinski definition) is 3. The van der Waals surface area contributed by atoms with E-state index in [1.165, 1.54) is 26.3 Å². The van der Waals surface area contributed by atoms with Crippen molar-refractivity contribution in [2.45, 2.75) is 12.7 Å². The van der Waals surface area contributed by atoms with Crippen molar-refractivity contribution in [2.75, 3.05) is 20.7 Å². The first-order valence-electron chi connectivity index (χ1n) is 5.64. The van der Waals surface area contributed by atoms with Gasteiger partial charge in [0.15, 0.2) is 11.5 Å². The van der Waals surface area contributed by atoms with E-state index in [0.717, 1.165) is 4.90 Å². The van der Waals surface area contributed by atoms with Gasteiger partial charge in [0, 0.05) is 13.6 Å². The van der Waals surface area contributed by atoms with E-state index in [0.29, 0.717) is 5.56 Å². The molecule has 112 valence electrons. The highest BCUT2D eigenvalue weighted by atomic mass is 19.4. The summed E-state index contributed by atoms with van der Waals surface area (Å²) in [5.74, 6) is 0.173. The summed E-state index contributed by atoms with van der Waals surface area (Å²) in [5, 5.41) is 11.3. The van der Waals surface area contributed by atoms with Gasteiger partial charge in [-0.15, -0.1) is 0 Å². The minimum Gasteiger partial charge on any atom is -0.504 e. The van der Waals surface area contributed by atoms with Crippen molar-refractivity contribution >= 4 is 6.03 Å². The van der Waals surface area contributed by atoms with Crippen LogP contribution < -0.4 is 10.1 Å². The highest BCUT2D eigenvalue weighted by Gasteiger charge is 2.28. The van der Waals surface area contributed by atoms with Crippen molar-refractivity contribution in [1.82, 2.24) is 10.2 Å². The number of benzene rings is 1. The van der Waals surface area contributed by atoms with Crippen LogP contribution in [0.5, 0.6) is 11.5 Å². The van der Waals surface area contributed by atoms with Gasteiger partial charge in [0.05, 0.1) is 7.11 Å². The third-order valence-corrected chi connectivity index (χ3v) is 2.45. The van der Waals surface area contributed by atoms with Crippen molar-refractivity contribution in [3.63, 3.8) is 0 Å². The quantitative estimate of drug-likeness (QED) is 0.893. The van der Waals surface area contributed by atoms with Crippen LogP contribution in [0.2, 0.25) is 0 Å². The molecule has 0 aromatic heterocycles. The summed E-state index contributed by atoms with van der Waals surface area (Å²) in [5.41, 5.74) is 0.563. The van der Waals surface area contributed by atoms with Crippen LogP contribution in [0.15, 0.2) is 18.2 Å². The van der Waals surface area contributed by atoms with Crippen LogP contribution in [0.1, 0.15) is 5.56 Å². The Bertz CT molecular complexity index is 478. The summed E-state index contributed by atoms with van der Waals surface area (Å²) in [4.78, 5) is 12.5. The van der Waals surface area contributed by atoms with Gasteiger partial charge in [-0.25, -0.2) is 4.79 Å². The van der Waals surface area contributed by atoms with Crippen LogP contribution in [0, 0.1) is 0 Å². The zero-order valence-corrected chi connectivity index (χ0v) is 11.0. The van der Waals surface area contributed by atoms with E-state index in [9.17, 15) is 23.1 Å². The fourth-order valence-corrected chi connectivity index (χ4v) is 1.49. The van der Waals surface area contributed by atoms with Gasteiger partial charge in [-0.1, -0.05) is 6.07 Å². The Morgan fingerprint density at radius 3 is 2.60 bits per heavy atom. The summed E-state index contributed by atoms with van der Waals surface area (Å²) in [6.07, 6.45) is -4.45. The SMILES string of the molecule is COc1ccc(CN(C)C(=O)NCC(F)(F)F)cc1O. The first-order chi connectivity index (χ1) is 9.23. The minimum absolute atomic E-state index is 0.0568. The maximum atomic E-state index is 12.0. The van der Waals surface area contributed by atoms with E-state index in [1.807, 2.05) is 0 Å². The molecule has 0 aliphatic rings. The summed E-state index contributed by atoms with van der Waals surface area (Å²) in [6, 6.07) is 3.64. The van der Waals surface area contributed by atoms with E-state index in [-0.39, 0.29) is 18.0 Å². The molecule has 0 saturated heterocycles. The lowest BCUT2D eigenvalue weighted by atomic mass is 10.2. The van der Waals surface area contributed by atoms with E-state index >= 15 is 0 Å².